The molecular weight excluding hydrogens is 366 g/mol. The molecule has 8 heteroatoms. The highest BCUT2D eigenvalue weighted by atomic mass is 32.2. The molecule has 2 aromatic rings. The highest BCUT2D eigenvalue weighted by Crippen LogP contribution is 2.27. The van der Waals surface area contributed by atoms with Crippen molar-refractivity contribution in [3.8, 4) is 0 Å². The Balaban J connectivity index is 1.67. The third kappa shape index (κ3) is 4.32. The van der Waals surface area contributed by atoms with Gasteiger partial charge >= 0.3 is 6.09 Å². The molecule has 0 spiro atoms. The van der Waals surface area contributed by atoms with Gasteiger partial charge < -0.3 is 14.2 Å². The van der Waals surface area contributed by atoms with Gasteiger partial charge in [-0.2, -0.15) is 0 Å². The second-order valence-electron chi connectivity index (χ2n) is 6.94. The quantitative estimate of drug-likeness (QED) is 0.800. The van der Waals surface area contributed by atoms with E-state index in [2.05, 4.69) is 37.9 Å². The van der Waals surface area contributed by atoms with Crippen molar-refractivity contribution in [2.45, 2.75) is 33.4 Å². The second-order valence-corrected chi connectivity index (χ2v) is 9.25. The Morgan fingerprint density at radius 2 is 1.96 bits per heavy atom. The summed E-state index contributed by atoms with van der Waals surface area (Å²) < 4.78 is 30.2. The molecule has 2 heterocycles. The van der Waals surface area contributed by atoms with Crippen LogP contribution in [0.3, 0.4) is 0 Å². The lowest BCUT2D eigenvalue weighted by molar-refractivity contribution is 0.0770. The van der Waals surface area contributed by atoms with E-state index in [0.29, 0.717) is 0 Å². The molecular formula is C19H25N3O4S. The molecule has 7 nitrogen and oxygen atoms in total. The molecule has 1 saturated heterocycles. The lowest BCUT2D eigenvalue weighted by atomic mass is 9.93. The largest absolute Gasteiger partial charge is 0.428 e. The zero-order valence-electron chi connectivity index (χ0n) is 15.9. The number of aromatic nitrogens is 2. The fourth-order valence-electron chi connectivity index (χ4n) is 3.30. The van der Waals surface area contributed by atoms with E-state index in [1.807, 2.05) is 10.6 Å². The van der Waals surface area contributed by atoms with Crippen molar-refractivity contribution in [2.75, 3.05) is 24.6 Å². The number of ether oxygens (including phenoxy) is 1. The molecule has 1 fully saturated rings. The van der Waals surface area contributed by atoms with Gasteiger partial charge in [0.05, 0.1) is 11.5 Å². The van der Waals surface area contributed by atoms with Gasteiger partial charge in [-0.05, 0) is 30.5 Å². The zero-order valence-corrected chi connectivity index (χ0v) is 16.7. The first kappa shape index (κ1) is 19.4. The summed E-state index contributed by atoms with van der Waals surface area (Å²) in [7, 11) is -3.03. The van der Waals surface area contributed by atoms with Crippen LogP contribution in [0.15, 0.2) is 30.6 Å². The zero-order chi connectivity index (χ0) is 19.6. The number of aryl methyl sites for hydroxylation is 1. The fraction of sp³-hybridized carbons (Fsp3) is 0.474. The Morgan fingerprint density at radius 3 is 2.67 bits per heavy atom. The molecule has 1 amide bonds. The number of benzene rings is 1. The third-order valence-corrected chi connectivity index (χ3v) is 6.79. The number of amides is 1. The molecule has 0 bridgehead atoms. The highest BCUT2D eigenvalue weighted by Gasteiger charge is 2.26. The van der Waals surface area contributed by atoms with Gasteiger partial charge in [-0.25, -0.2) is 18.2 Å². The van der Waals surface area contributed by atoms with E-state index in [1.165, 1.54) is 21.6 Å². The van der Waals surface area contributed by atoms with Gasteiger partial charge in [0, 0.05) is 31.4 Å². The first-order valence-electron chi connectivity index (χ1n) is 8.98. The van der Waals surface area contributed by atoms with Gasteiger partial charge in [0.2, 0.25) is 0 Å². The maximum atomic E-state index is 12.2. The maximum Gasteiger partial charge on any atom is 0.411 e. The Hall–Kier alpha value is -2.35. The number of hydrogen-bond acceptors (Lipinski definition) is 5. The second kappa shape index (κ2) is 7.72. The number of sulfone groups is 1. The van der Waals surface area contributed by atoms with Crippen LogP contribution in [-0.2, 0) is 21.3 Å². The standard InChI is InChI=1S/C19H25N3O4S/c1-14-5-4-6-17(15(14)2)16(3)18-20-7-8-22(18)13-26-19(23)21-9-11-27(24,25)12-10-21/h4-8,16H,9-13H2,1-3H3. The minimum absolute atomic E-state index is 0.0118. The number of imidazole rings is 1. The molecule has 27 heavy (non-hydrogen) atoms. The minimum Gasteiger partial charge on any atom is -0.428 e. The summed E-state index contributed by atoms with van der Waals surface area (Å²) in [5, 5.41) is 0. The van der Waals surface area contributed by atoms with Crippen molar-refractivity contribution in [1.82, 2.24) is 14.5 Å². The highest BCUT2D eigenvalue weighted by molar-refractivity contribution is 7.91. The third-order valence-electron chi connectivity index (χ3n) is 5.18. The Morgan fingerprint density at radius 1 is 1.26 bits per heavy atom. The molecule has 0 radical (unpaired) electrons. The monoisotopic (exact) mass is 391 g/mol. The minimum atomic E-state index is -3.03. The fourth-order valence-corrected chi connectivity index (χ4v) is 4.50. The van der Waals surface area contributed by atoms with Crippen LogP contribution in [0.25, 0.3) is 0 Å². The van der Waals surface area contributed by atoms with Crippen LogP contribution in [0.2, 0.25) is 0 Å². The van der Waals surface area contributed by atoms with E-state index in [1.54, 1.807) is 12.4 Å². The van der Waals surface area contributed by atoms with Gasteiger partial charge in [-0.3, -0.25) is 0 Å². The van der Waals surface area contributed by atoms with Crippen LogP contribution in [-0.4, -0.2) is 53.6 Å². The van der Waals surface area contributed by atoms with Crippen molar-refractivity contribution in [3.63, 3.8) is 0 Å². The molecule has 1 aliphatic heterocycles. The molecule has 3 rings (SSSR count). The number of carbonyl (C=O) groups excluding carboxylic acids is 1. The van der Waals surface area contributed by atoms with Gasteiger partial charge in [0.15, 0.2) is 16.6 Å². The Bertz CT molecular complexity index is 922. The van der Waals surface area contributed by atoms with Crippen LogP contribution in [0.4, 0.5) is 4.79 Å². The molecule has 1 aliphatic rings. The van der Waals surface area contributed by atoms with Gasteiger partial charge in [-0.1, -0.05) is 25.1 Å². The first-order valence-corrected chi connectivity index (χ1v) is 10.8. The topological polar surface area (TPSA) is 81.5 Å². The Labute approximate surface area is 159 Å². The lowest BCUT2D eigenvalue weighted by Gasteiger charge is -2.26. The average Bonchev–Trinajstić information content (AvgIpc) is 3.10. The summed E-state index contributed by atoms with van der Waals surface area (Å²) in [5.41, 5.74) is 3.64. The van der Waals surface area contributed by atoms with Gasteiger partial charge in [0.1, 0.15) is 5.82 Å². The summed E-state index contributed by atoms with van der Waals surface area (Å²) in [6.45, 7) is 6.66. The lowest BCUT2D eigenvalue weighted by Crippen LogP contribution is -2.44. The van der Waals surface area contributed by atoms with E-state index < -0.39 is 15.9 Å². The predicted molar refractivity (Wildman–Crippen MR) is 102 cm³/mol. The smallest absolute Gasteiger partial charge is 0.411 e. The van der Waals surface area contributed by atoms with Crippen molar-refractivity contribution < 1.29 is 17.9 Å². The van der Waals surface area contributed by atoms with E-state index in [0.717, 1.165) is 5.82 Å². The normalized spacial score (nSPS) is 17.5. The van der Waals surface area contributed by atoms with E-state index >= 15 is 0 Å². The molecule has 1 atom stereocenters. The van der Waals surface area contributed by atoms with Crippen molar-refractivity contribution in [3.05, 3.63) is 53.1 Å². The van der Waals surface area contributed by atoms with Crippen LogP contribution in [0.1, 0.15) is 35.4 Å². The maximum absolute atomic E-state index is 12.2. The molecule has 146 valence electrons. The first-order chi connectivity index (χ1) is 12.8. The summed E-state index contributed by atoms with van der Waals surface area (Å²) in [6, 6.07) is 6.21. The SMILES string of the molecule is Cc1cccc(C(C)c2nccn2COC(=O)N2CCS(=O)(=O)CC2)c1C. The predicted octanol–water partition coefficient (Wildman–Crippen LogP) is 2.48. The molecule has 0 saturated carbocycles. The molecule has 0 N–H and O–H groups in total. The van der Waals surface area contributed by atoms with Crippen LogP contribution >= 0.6 is 0 Å². The number of hydrogen-bond donors (Lipinski definition) is 0. The van der Waals surface area contributed by atoms with Crippen LogP contribution in [0.5, 0.6) is 0 Å². The Kier molecular flexibility index (Phi) is 5.55. The van der Waals surface area contributed by atoms with Gasteiger partial charge in [0.25, 0.3) is 0 Å². The van der Waals surface area contributed by atoms with Gasteiger partial charge in [-0.15, -0.1) is 0 Å². The van der Waals surface area contributed by atoms with Crippen molar-refractivity contribution in [1.29, 1.82) is 0 Å². The van der Waals surface area contributed by atoms with Crippen LogP contribution < -0.4 is 0 Å². The van der Waals surface area contributed by atoms with Crippen molar-refractivity contribution >= 4 is 15.9 Å². The van der Waals surface area contributed by atoms with Crippen molar-refractivity contribution in [2.24, 2.45) is 0 Å². The average molecular weight is 391 g/mol. The summed E-state index contributed by atoms with van der Waals surface area (Å²) in [5.74, 6) is 0.848. The number of carbonyl (C=O) groups is 1. The number of rotatable bonds is 4. The number of nitrogens with zero attached hydrogens (tertiary/aromatic N) is 3. The molecule has 1 unspecified atom stereocenters. The van der Waals surface area contributed by atoms with Crippen LogP contribution in [0, 0.1) is 13.8 Å². The molecule has 0 aliphatic carbocycles. The van der Waals surface area contributed by atoms with E-state index in [4.69, 9.17) is 4.74 Å². The summed E-state index contributed by atoms with van der Waals surface area (Å²) in [4.78, 5) is 18.1. The summed E-state index contributed by atoms with van der Waals surface area (Å²) >= 11 is 0. The van der Waals surface area contributed by atoms with E-state index in [-0.39, 0.29) is 37.2 Å². The van der Waals surface area contributed by atoms with E-state index in [9.17, 15) is 13.2 Å². The molecule has 1 aromatic heterocycles. The summed E-state index contributed by atoms with van der Waals surface area (Å²) in [6.07, 6.45) is 2.98. The molecule has 1 aromatic carbocycles.